The zero-order chi connectivity index (χ0) is 31.5. The summed E-state index contributed by atoms with van der Waals surface area (Å²) in [6.07, 6.45) is 3.25. The van der Waals surface area contributed by atoms with E-state index in [-0.39, 0.29) is 24.1 Å². The molecule has 3 atom stereocenters. The third-order valence-electron chi connectivity index (χ3n) is 7.46. The summed E-state index contributed by atoms with van der Waals surface area (Å²) in [5.74, 6) is 1.12. The second-order valence-electron chi connectivity index (χ2n) is 15.3. The molecule has 1 aliphatic heterocycles. The summed E-state index contributed by atoms with van der Waals surface area (Å²) < 4.78 is 21.1. The lowest BCUT2D eigenvalue weighted by Gasteiger charge is -2.42. The molecule has 0 radical (unpaired) electrons. The second-order valence-corrected chi connectivity index (χ2v) is 27.7. The quantitative estimate of drug-likeness (QED) is 0.0961. The van der Waals surface area contributed by atoms with Crippen LogP contribution in [-0.4, -0.2) is 86.1 Å². The summed E-state index contributed by atoms with van der Waals surface area (Å²) in [5.41, 5.74) is 1.34. The van der Waals surface area contributed by atoms with E-state index in [4.69, 9.17) is 24.3 Å². The summed E-state index contributed by atoms with van der Waals surface area (Å²) >= 11 is 2.31. The van der Waals surface area contributed by atoms with Crippen molar-refractivity contribution in [1.29, 1.82) is 0 Å². The van der Waals surface area contributed by atoms with Crippen molar-refractivity contribution in [2.45, 2.75) is 122 Å². The van der Waals surface area contributed by atoms with Crippen molar-refractivity contribution in [2.24, 2.45) is 0 Å². The van der Waals surface area contributed by atoms with Crippen molar-refractivity contribution in [3.05, 3.63) is 21.5 Å². The normalized spacial score (nSPS) is 20.3. The molecule has 1 unspecified atom stereocenters. The third-order valence-corrected chi connectivity index (χ3v) is 11.6. The number of carbonyl (C=O) groups excluding carboxylic acids is 1. The highest BCUT2D eigenvalue weighted by atomic mass is 127. The van der Waals surface area contributed by atoms with Crippen LogP contribution in [0.5, 0.6) is 0 Å². The summed E-state index contributed by atoms with van der Waals surface area (Å²) in [6, 6.07) is 4.45. The maximum absolute atomic E-state index is 13.0. The van der Waals surface area contributed by atoms with Crippen LogP contribution in [0.3, 0.4) is 0 Å². The summed E-state index contributed by atoms with van der Waals surface area (Å²) in [7, 11) is -2.42. The van der Waals surface area contributed by atoms with E-state index in [9.17, 15) is 4.79 Å². The molecular weight excluding hydrogens is 677 g/mol. The number of aromatic nitrogens is 3. The predicted molar refractivity (Wildman–Crippen MR) is 185 cm³/mol. The van der Waals surface area contributed by atoms with Gasteiger partial charge in [0.05, 0.1) is 9.77 Å². The molecular formula is C30H54IN5O4Si2. The van der Waals surface area contributed by atoms with E-state index >= 15 is 0 Å². The maximum Gasteiger partial charge on any atom is 0.410 e. The third kappa shape index (κ3) is 10.4. The van der Waals surface area contributed by atoms with Crippen LogP contribution in [0.1, 0.15) is 59.1 Å². The number of hydrogen-bond donors (Lipinski definition) is 0. The molecule has 9 nitrogen and oxygen atoms in total. The van der Waals surface area contributed by atoms with Crippen molar-refractivity contribution < 1.29 is 19.0 Å². The minimum atomic E-state index is -1.21. The van der Waals surface area contributed by atoms with Gasteiger partial charge in [0, 0.05) is 59.1 Å². The van der Waals surface area contributed by atoms with Gasteiger partial charge in [-0.2, -0.15) is 9.61 Å². The van der Waals surface area contributed by atoms with E-state index in [1.54, 1.807) is 0 Å². The predicted octanol–water partition coefficient (Wildman–Crippen LogP) is 7.66. The molecule has 2 aromatic heterocycles. The largest absolute Gasteiger partial charge is 0.444 e. The molecule has 3 heterocycles. The molecule has 1 saturated heterocycles. The lowest BCUT2D eigenvalue weighted by molar-refractivity contribution is -0.00273. The van der Waals surface area contributed by atoms with Crippen LogP contribution in [0.15, 0.2) is 12.3 Å². The van der Waals surface area contributed by atoms with E-state index in [1.807, 2.05) is 36.4 Å². The first-order valence-corrected chi connectivity index (χ1v) is 23.8. The summed E-state index contributed by atoms with van der Waals surface area (Å²) in [4.78, 5) is 22.2. The number of ether oxygens (including phenoxy) is 3. The van der Waals surface area contributed by atoms with Gasteiger partial charge in [-0.3, -0.25) is 0 Å². The topological polar surface area (TPSA) is 81.4 Å². The summed E-state index contributed by atoms with van der Waals surface area (Å²) in [5, 5.41) is 4.70. The number of anilines is 1. The highest BCUT2D eigenvalue weighted by molar-refractivity contribution is 14.1. The molecule has 0 aromatic carbocycles. The molecule has 0 spiro atoms. The lowest BCUT2D eigenvalue weighted by Crippen LogP contribution is -2.51. The molecule has 0 N–H and O–H groups in total. The highest BCUT2D eigenvalue weighted by Gasteiger charge is 2.38. The lowest BCUT2D eigenvalue weighted by atomic mass is 9.85. The smallest absolute Gasteiger partial charge is 0.410 e. The highest BCUT2D eigenvalue weighted by Crippen LogP contribution is 2.37. The number of amides is 1. The number of carbonyl (C=O) groups is 1. The SMILES string of the molecule is CC1C[C@@H](c2cc(N(COCC[Si](C)(C)C)COCC[Si](C)(C)C)n3ncc(I)c3n2)C[C@H](C)N1C(=O)OC(C)(C)C. The van der Waals surface area contributed by atoms with Crippen molar-refractivity contribution in [3.63, 3.8) is 0 Å². The number of fused-ring (bicyclic) bond motifs is 1. The van der Waals surface area contributed by atoms with Gasteiger partial charge in [-0.1, -0.05) is 39.3 Å². The van der Waals surface area contributed by atoms with Gasteiger partial charge < -0.3 is 24.0 Å². The number of rotatable bonds is 12. The summed E-state index contributed by atoms with van der Waals surface area (Å²) in [6.45, 7) is 26.5. The molecule has 3 rings (SSSR count). The van der Waals surface area contributed by atoms with Crippen LogP contribution >= 0.6 is 22.6 Å². The average molecular weight is 732 g/mol. The molecule has 238 valence electrons. The van der Waals surface area contributed by atoms with E-state index < -0.39 is 21.7 Å². The number of piperidine rings is 1. The molecule has 1 amide bonds. The first-order chi connectivity index (χ1) is 19.3. The van der Waals surface area contributed by atoms with Gasteiger partial charge in [0.25, 0.3) is 0 Å². The average Bonchev–Trinajstić information content (AvgIpc) is 3.20. The van der Waals surface area contributed by atoms with Crippen molar-refractivity contribution in [2.75, 3.05) is 31.6 Å². The Hall–Kier alpha value is -1.23. The minimum Gasteiger partial charge on any atom is -0.444 e. The molecule has 12 heteroatoms. The number of hydrogen-bond acceptors (Lipinski definition) is 7. The van der Waals surface area contributed by atoms with Gasteiger partial charge in [-0.25, -0.2) is 9.78 Å². The minimum absolute atomic E-state index is 0.0324. The monoisotopic (exact) mass is 731 g/mol. The molecule has 1 aliphatic rings. The zero-order valence-corrected chi connectivity index (χ0v) is 31.9. The van der Waals surface area contributed by atoms with Gasteiger partial charge in [0.1, 0.15) is 24.9 Å². The molecule has 1 fully saturated rings. The number of nitrogens with zero attached hydrogens (tertiary/aromatic N) is 5. The van der Waals surface area contributed by atoms with E-state index in [0.29, 0.717) is 13.5 Å². The van der Waals surface area contributed by atoms with Crippen molar-refractivity contribution >= 4 is 56.3 Å². The molecule has 0 bridgehead atoms. The standard InChI is InChI=1S/C30H54IN5O4Si2/c1-22-16-24(17-23(2)35(22)29(37)40-30(3,4)5)26-18-27(36-28(33-26)25(31)19-32-36)34(20-38-12-14-41(6,7)8)21-39-13-15-42(9,10)11/h18-19,22-24H,12-17,20-21H2,1-11H3/t22-,23?,24-/m0/s1. The Labute approximate surface area is 269 Å². The number of likely N-dealkylation sites (tertiary alicyclic amines) is 1. The Morgan fingerprint density at radius 3 is 2.00 bits per heavy atom. The van der Waals surface area contributed by atoms with Gasteiger partial charge in [-0.05, 0) is 82.1 Å². The van der Waals surface area contributed by atoms with E-state index in [1.165, 1.54) is 0 Å². The van der Waals surface area contributed by atoms with Gasteiger partial charge >= 0.3 is 6.09 Å². The fraction of sp³-hybridized carbons (Fsp3) is 0.767. The van der Waals surface area contributed by atoms with Crippen LogP contribution in [0.4, 0.5) is 10.6 Å². The maximum atomic E-state index is 13.0. The molecule has 2 aromatic rings. The Balaban J connectivity index is 1.89. The zero-order valence-electron chi connectivity index (χ0n) is 27.8. The van der Waals surface area contributed by atoms with Gasteiger partial charge in [0.15, 0.2) is 5.65 Å². The van der Waals surface area contributed by atoms with Crippen LogP contribution in [0, 0.1) is 3.57 Å². The van der Waals surface area contributed by atoms with Gasteiger partial charge in [-0.15, -0.1) is 0 Å². The Morgan fingerprint density at radius 1 is 1.00 bits per heavy atom. The van der Waals surface area contributed by atoms with E-state index in [2.05, 4.69) is 86.7 Å². The molecule has 42 heavy (non-hydrogen) atoms. The molecule has 0 saturated carbocycles. The fourth-order valence-corrected chi connectivity index (χ4v) is 7.13. The Morgan fingerprint density at radius 2 is 1.52 bits per heavy atom. The Bertz CT molecular complexity index is 1160. The first kappa shape index (κ1) is 35.3. The second kappa shape index (κ2) is 14.3. The molecule has 0 aliphatic carbocycles. The fourth-order valence-electron chi connectivity index (χ4n) is 5.15. The van der Waals surface area contributed by atoms with Crippen molar-refractivity contribution in [1.82, 2.24) is 19.5 Å². The number of halogens is 1. The van der Waals surface area contributed by atoms with Crippen LogP contribution in [0.2, 0.25) is 51.4 Å². The Kier molecular flexibility index (Phi) is 12.0. The van der Waals surface area contributed by atoms with Crippen molar-refractivity contribution in [3.8, 4) is 0 Å². The van der Waals surface area contributed by atoms with Crippen LogP contribution < -0.4 is 4.90 Å². The van der Waals surface area contributed by atoms with Gasteiger partial charge in [0.2, 0.25) is 0 Å². The van der Waals surface area contributed by atoms with E-state index in [0.717, 1.165) is 58.9 Å². The van der Waals surface area contributed by atoms with Crippen LogP contribution in [0.25, 0.3) is 5.65 Å². The first-order valence-electron chi connectivity index (χ1n) is 15.3. The van der Waals surface area contributed by atoms with Crippen LogP contribution in [-0.2, 0) is 14.2 Å².